The molecule has 0 spiro atoms. The van der Waals surface area contributed by atoms with Crippen molar-refractivity contribution in [3.8, 4) is 0 Å². The summed E-state index contributed by atoms with van der Waals surface area (Å²) >= 11 is 0. The van der Waals surface area contributed by atoms with Gasteiger partial charge in [0.25, 0.3) is 0 Å². The number of carbonyl (C=O) groups excluding carboxylic acids is 1. The SMILES string of the molecule is CC(C)C(=O)NCCCc1ccc(NS(C)(=O)=O)cc1. The molecule has 2 N–H and O–H groups in total. The summed E-state index contributed by atoms with van der Waals surface area (Å²) in [5, 5.41) is 2.86. The van der Waals surface area contributed by atoms with Gasteiger partial charge in [-0.3, -0.25) is 9.52 Å². The van der Waals surface area contributed by atoms with Crippen molar-refractivity contribution in [1.29, 1.82) is 0 Å². The number of hydrogen-bond acceptors (Lipinski definition) is 3. The molecule has 0 radical (unpaired) electrons. The molecular formula is C14H22N2O3S. The maximum absolute atomic E-state index is 11.4. The highest BCUT2D eigenvalue weighted by Gasteiger charge is 2.05. The lowest BCUT2D eigenvalue weighted by Crippen LogP contribution is -2.28. The molecule has 6 heteroatoms. The number of nitrogens with one attached hydrogen (secondary N) is 2. The first-order valence-electron chi connectivity index (χ1n) is 6.62. The normalized spacial score (nSPS) is 11.4. The van der Waals surface area contributed by atoms with E-state index in [1.807, 2.05) is 26.0 Å². The van der Waals surface area contributed by atoms with Crippen LogP contribution < -0.4 is 10.0 Å². The molecule has 1 rings (SSSR count). The van der Waals surface area contributed by atoms with Crippen LogP contribution in [0.1, 0.15) is 25.8 Å². The van der Waals surface area contributed by atoms with Crippen LogP contribution >= 0.6 is 0 Å². The highest BCUT2D eigenvalue weighted by Crippen LogP contribution is 2.12. The van der Waals surface area contributed by atoms with Crippen LogP contribution in [0.3, 0.4) is 0 Å². The zero-order chi connectivity index (χ0) is 15.2. The summed E-state index contributed by atoms with van der Waals surface area (Å²) < 4.78 is 24.5. The van der Waals surface area contributed by atoms with Crippen molar-refractivity contribution in [2.24, 2.45) is 5.92 Å². The van der Waals surface area contributed by atoms with Crippen molar-refractivity contribution in [3.63, 3.8) is 0 Å². The summed E-state index contributed by atoms with van der Waals surface area (Å²) in [6.07, 6.45) is 2.83. The Balaban J connectivity index is 2.37. The van der Waals surface area contributed by atoms with E-state index in [0.717, 1.165) is 24.7 Å². The zero-order valence-electron chi connectivity index (χ0n) is 12.1. The van der Waals surface area contributed by atoms with Gasteiger partial charge in [-0.1, -0.05) is 26.0 Å². The average molecular weight is 298 g/mol. The molecule has 0 aliphatic carbocycles. The van der Waals surface area contributed by atoms with Crippen LogP contribution in [0.25, 0.3) is 0 Å². The molecule has 1 aromatic rings. The van der Waals surface area contributed by atoms with Gasteiger partial charge in [-0.05, 0) is 30.5 Å². The van der Waals surface area contributed by atoms with E-state index in [2.05, 4.69) is 10.0 Å². The van der Waals surface area contributed by atoms with Gasteiger partial charge in [0.15, 0.2) is 0 Å². The summed E-state index contributed by atoms with van der Waals surface area (Å²) in [5.41, 5.74) is 1.67. The second-order valence-electron chi connectivity index (χ2n) is 5.12. The molecule has 0 saturated carbocycles. The molecule has 0 atom stereocenters. The Bertz CT molecular complexity index is 536. The van der Waals surface area contributed by atoms with Crippen molar-refractivity contribution in [2.75, 3.05) is 17.5 Å². The van der Waals surface area contributed by atoms with Crippen LogP contribution in [0.5, 0.6) is 0 Å². The van der Waals surface area contributed by atoms with E-state index >= 15 is 0 Å². The second kappa shape index (κ2) is 7.28. The van der Waals surface area contributed by atoms with Gasteiger partial charge < -0.3 is 5.32 Å². The zero-order valence-corrected chi connectivity index (χ0v) is 13.0. The third-order valence-electron chi connectivity index (χ3n) is 2.72. The van der Waals surface area contributed by atoms with Gasteiger partial charge in [0.2, 0.25) is 15.9 Å². The lowest BCUT2D eigenvalue weighted by molar-refractivity contribution is -0.123. The van der Waals surface area contributed by atoms with Crippen LogP contribution in [-0.4, -0.2) is 27.1 Å². The molecule has 0 aromatic heterocycles. The molecule has 0 aliphatic rings. The molecule has 1 aromatic carbocycles. The van der Waals surface area contributed by atoms with Gasteiger partial charge >= 0.3 is 0 Å². The number of benzene rings is 1. The van der Waals surface area contributed by atoms with Gasteiger partial charge in [-0.25, -0.2) is 8.42 Å². The van der Waals surface area contributed by atoms with Gasteiger partial charge in [0, 0.05) is 18.2 Å². The summed E-state index contributed by atoms with van der Waals surface area (Å²) in [6.45, 7) is 4.38. The summed E-state index contributed by atoms with van der Waals surface area (Å²) in [5.74, 6) is 0.0778. The lowest BCUT2D eigenvalue weighted by Gasteiger charge is -2.08. The highest BCUT2D eigenvalue weighted by atomic mass is 32.2. The second-order valence-corrected chi connectivity index (χ2v) is 6.87. The van der Waals surface area contributed by atoms with E-state index in [0.29, 0.717) is 12.2 Å². The minimum atomic E-state index is -3.23. The maximum Gasteiger partial charge on any atom is 0.229 e. The van der Waals surface area contributed by atoms with Crippen molar-refractivity contribution >= 4 is 21.6 Å². The predicted octanol–water partition coefficient (Wildman–Crippen LogP) is 1.76. The van der Waals surface area contributed by atoms with E-state index < -0.39 is 10.0 Å². The molecule has 0 unspecified atom stereocenters. The Morgan fingerprint density at radius 3 is 2.30 bits per heavy atom. The third-order valence-corrected chi connectivity index (χ3v) is 3.33. The van der Waals surface area contributed by atoms with Crippen molar-refractivity contribution in [3.05, 3.63) is 29.8 Å². The van der Waals surface area contributed by atoms with Crippen molar-refractivity contribution in [1.82, 2.24) is 5.32 Å². The largest absolute Gasteiger partial charge is 0.356 e. The van der Waals surface area contributed by atoms with E-state index in [9.17, 15) is 13.2 Å². The number of sulfonamides is 1. The van der Waals surface area contributed by atoms with Gasteiger partial charge in [-0.2, -0.15) is 0 Å². The monoisotopic (exact) mass is 298 g/mol. The molecule has 0 fully saturated rings. The van der Waals surface area contributed by atoms with E-state index in [1.165, 1.54) is 0 Å². The van der Waals surface area contributed by atoms with Crippen LogP contribution in [-0.2, 0) is 21.2 Å². The Labute approximate surface area is 120 Å². The molecule has 1 amide bonds. The number of amides is 1. The number of aryl methyl sites for hydroxylation is 1. The van der Waals surface area contributed by atoms with Crippen LogP contribution in [0.15, 0.2) is 24.3 Å². The van der Waals surface area contributed by atoms with Crippen LogP contribution in [0.2, 0.25) is 0 Å². The molecule has 112 valence electrons. The van der Waals surface area contributed by atoms with E-state index in [1.54, 1.807) is 12.1 Å². The summed E-state index contributed by atoms with van der Waals surface area (Å²) in [7, 11) is -3.23. The fraction of sp³-hybridized carbons (Fsp3) is 0.500. The third kappa shape index (κ3) is 6.56. The topological polar surface area (TPSA) is 75.3 Å². The first-order valence-corrected chi connectivity index (χ1v) is 8.51. The smallest absolute Gasteiger partial charge is 0.229 e. The standard InChI is InChI=1S/C14H22N2O3S/c1-11(2)14(17)15-10-4-5-12-6-8-13(9-7-12)16-20(3,18)19/h6-9,11,16H,4-5,10H2,1-3H3,(H,15,17). The molecule has 0 aliphatic heterocycles. The quantitative estimate of drug-likeness (QED) is 0.753. The van der Waals surface area contributed by atoms with Crippen LogP contribution in [0, 0.1) is 5.92 Å². The average Bonchev–Trinajstić information content (AvgIpc) is 2.34. The van der Waals surface area contributed by atoms with Gasteiger partial charge in [-0.15, -0.1) is 0 Å². The van der Waals surface area contributed by atoms with Crippen LogP contribution in [0.4, 0.5) is 5.69 Å². The predicted molar refractivity (Wildman–Crippen MR) is 81.1 cm³/mol. The molecule has 5 nitrogen and oxygen atoms in total. The Kier molecular flexibility index (Phi) is 6.01. The number of rotatable bonds is 7. The number of carbonyl (C=O) groups is 1. The maximum atomic E-state index is 11.4. The van der Waals surface area contributed by atoms with Crippen molar-refractivity contribution < 1.29 is 13.2 Å². The molecule has 0 saturated heterocycles. The Morgan fingerprint density at radius 1 is 1.20 bits per heavy atom. The first-order chi connectivity index (χ1) is 9.28. The first kappa shape index (κ1) is 16.5. The summed E-state index contributed by atoms with van der Waals surface area (Å²) in [6, 6.07) is 7.25. The molecule has 0 bridgehead atoms. The van der Waals surface area contributed by atoms with Gasteiger partial charge in [0.05, 0.1) is 6.26 Å². The summed E-state index contributed by atoms with van der Waals surface area (Å²) in [4.78, 5) is 11.4. The van der Waals surface area contributed by atoms with E-state index in [-0.39, 0.29) is 11.8 Å². The number of hydrogen-bond donors (Lipinski definition) is 2. The molecule has 20 heavy (non-hydrogen) atoms. The van der Waals surface area contributed by atoms with Gasteiger partial charge in [0.1, 0.15) is 0 Å². The fourth-order valence-corrected chi connectivity index (χ4v) is 2.23. The Hall–Kier alpha value is -1.56. The number of anilines is 1. The minimum absolute atomic E-state index is 0.0105. The molecule has 0 heterocycles. The van der Waals surface area contributed by atoms with E-state index in [4.69, 9.17) is 0 Å². The Morgan fingerprint density at radius 2 is 1.80 bits per heavy atom. The minimum Gasteiger partial charge on any atom is -0.356 e. The lowest BCUT2D eigenvalue weighted by atomic mass is 10.1. The van der Waals surface area contributed by atoms with Crippen molar-refractivity contribution in [2.45, 2.75) is 26.7 Å². The molecular weight excluding hydrogens is 276 g/mol. The highest BCUT2D eigenvalue weighted by molar-refractivity contribution is 7.92. The fourth-order valence-electron chi connectivity index (χ4n) is 1.66.